The van der Waals surface area contributed by atoms with E-state index < -0.39 is 10.0 Å². The van der Waals surface area contributed by atoms with Crippen LogP contribution in [-0.4, -0.2) is 32.1 Å². The largest absolute Gasteiger partial charge is 0.364 e. The first-order valence-corrected chi connectivity index (χ1v) is 11.1. The molecule has 0 radical (unpaired) electrons. The minimum Gasteiger partial charge on any atom is -0.364 e. The molecule has 1 aliphatic heterocycles. The second-order valence-corrected chi connectivity index (χ2v) is 9.03. The molecule has 0 aliphatic carbocycles. The summed E-state index contributed by atoms with van der Waals surface area (Å²) in [6.45, 7) is 2.63. The number of fused-ring (bicyclic) bond motifs is 1. The van der Waals surface area contributed by atoms with Gasteiger partial charge in [0.15, 0.2) is 0 Å². The number of nitrogens with zero attached hydrogens (tertiary/aromatic N) is 2. The number of nitrogens with one attached hydrogen (secondary N) is 1. The predicted molar refractivity (Wildman–Crippen MR) is 113 cm³/mol. The van der Waals surface area contributed by atoms with E-state index in [1.807, 2.05) is 13.1 Å². The number of aromatic nitrogens is 1. The summed E-state index contributed by atoms with van der Waals surface area (Å²) in [5, 5.41) is 9.95. The van der Waals surface area contributed by atoms with Gasteiger partial charge in [0.25, 0.3) is 0 Å². The van der Waals surface area contributed by atoms with Gasteiger partial charge < -0.3 is 14.8 Å². The van der Waals surface area contributed by atoms with Gasteiger partial charge in [0.1, 0.15) is 0 Å². The minimum atomic E-state index is -3.71. The van der Waals surface area contributed by atoms with Crippen molar-refractivity contribution >= 4 is 26.6 Å². The van der Waals surface area contributed by atoms with Crippen molar-refractivity contribution in [2.45, 2.75) is 30.3 Å². The number of hydrogen-bond acceptors (Lipinski definition) is 4. The van der Waals surface area contributed by atoms with Crippen molar-refractivity contribution in [2.75, 3.05) is 18.0 Å². The van der Waals surface area contributed by atoms with E-state index in [9.17, 15) is 8.42 Å². The standard InChI is InChI=1S/C21H26N4O2S/c1-24-12-9-17-14-19(5-6-21(17)24)25(18-7-10-23-11-8-18)15-16-3-2-4-20(13-16)28(22,26)27/h2-6,9,12-14,18,23H,7-8,10-11,15H2,1H3,(H2,22,26,27). The molecule has 0 amide bonds. The number of sulfonamides is 1. The van der Waals surface area contributed by atoms with Gasteiger partial charge in [-0.2, -0.15) is 0 Å². The Morgan fingerprint density at radius 3 is 2.68 bits per heavy atom. The number of aryl methyl sites for hydroxylation is 1. The van der Waals surface area contributed by atoms with Crippen LogP contribution in [-0.2, 0) is 23.6 Å². The van der Waals surface area contributed by atoms with Crippen LogP contribution in [0.4, 0.5) is 5.69 Å². The Labute approximate surface area is 166 Å². The number of piperidine rings is 1. The molecule has 0 unspecified atom stereocenters. The lowest BCUT2D eigenvalue weighted by Gasteiger charge is -2.36. The maximum atomic E-state index is 11.7. The molecule has 1 saturated heterocycles. The highest BCUT2D eigenvalue weighted by Gasteiger charge is 2.22. The molecule has 3 aromatic rings. The minimum absolute atomic E-state index is 0.161. The fraction of sp³-hybridized carbons (Fsp3) is 0.333. The van der Waals surface area contributed by atoms with E-state index in [0.717, 1.165) is 37.2 Å². The molecule has 2 heterocycles. The molecule has 1 aliphatic rings. The van der Waals surface area contributed by atoms with E-state index >= 15 is 0 Å². The molecule has 6 nitrogen and oxygen atoms in total. The zero-order chi connectivity index (χ0) is 19.7. The monoisotopic (exact) mass is 398 g/mol. The molecule has 2 aromatic carbocycles. The Morgan fingerprint density at radius 1 is 1.14 bits per heavy atom. The fourth-order valence-corrected chi connectivity index (χ4v) is 4.60. The summed E-state index contributed by atoms with van der Waals surface area (Å²) in [6, 6.07) is 16.0. The third-order valence-corrected chi connectivity index (χ3v) is 6.44. The van der Waals surface area contributed by atoms with E-state index in [1.54, 1.807) is 18.2 Å². The number of rotatable bonds is 5. The lowest BCUT2D eigenvalue weighted by atomic mass is 10.0. The maximum absolute atomic E-state index is 11.7. The van der Waals surface area contributed by atoms with Crippen molar-refractivity contribution < 1.29 is 8.42 Å². The number of hydrogen-bond donors (Lipinski definition) is 2. The summed E-state index contributed by atoms with van der Waals surface area (Å²) in [5.74, 6) is 0. The summed E-state index contributed by atoms with van der Waals surface area (Å²) in [5.41, 5.74) is 3.30. The van der Waals surface area contributed by atoms with Gasteiger partial charge in [-0.25, -0.2) is 13.6 Å². The molecule has 7 heteroatoms. The molecule has 1 fully saturated rings. The number of primary sulfonamides is 1. The zero-order valence-electron chi connectivity index (χ0n) is 16.0. The Morgan fingerprint density at radius 2 is 1.93 bits per heavy atom. The van der Waals surface area contributed by atoms with E-state index in [0.29, 0.717) is 12.6 Å². The highest BCUT2D eigenvalue weighted by atomic mass is 32.2. The van der Waals surface area contributed by atoms with Gasteiger partial charge in [-0.05, 0) is 67.9 Å². The third-order valence-electron chi connectivity index (χ3n) is 5.53. The van der Waals surface area contributed by atoms with Crippen molar-refractivity contribution in [1.82, 2.24) is 9.88 Å². The first-order chi connectivity index (χ1) is 13.4. The Balaban J connectivity index is 1.71. The lowest BCUT2D eigenvalue weighted by Crippen LogP contribution is -2.43. The van der Waals surface area contributed by atoms with Crippen LogP contribution >= 0.6 is 0 Å². The van der Waals surface area contributed by atoms with Gasteiger partial charge in [-0.3, -0.25) is 0 Å². The summed E-state index contributed by atoms with van der Waals surface area (Å²) in [6.07, 6.45) is 4.18. The van der Waals surface area contributed by atoms with E-state index in [1.165, 1.54) is 10.9 Å². The van der Waals surface area contributed by atoms with Gasteiger partial charge in [0.2, 0.25) is 10.0 Å². The summed E-state index contributed by atoms with van der Waals surface area (Å²) in [4.78, 5) is 2.56. The number of nitrogens with two attached hydrogens (primary N) is 1. The SMILES string of the molecule is Cn1ccc2cc(N(Cc3cccc(S(N)(=O)=O)c3)C3CCNCC3)ccc21. The van der Waals surface area contributed by atoms with Gasteiger partial charge in [-0.15, -0.1) is 0 Å². The highest BCUT2D eigenvalue weighted by Crippen LogP contribution is 2.28. The van der Waals surface area contributed by atoms with Crippen LogP contribution in [0.1, 0.15) is 18.4 Å². The maximum Gasteiger partial charge on any atom is 0.238 e. The fourth-order valence-electron chi connectivity index (χ4n) is 4.01. The molecular weight excluding hydrogens is 372 g/mol. The Kier molecular flexibility index (Phi) is 5.14. The van der Waals surface area contributed by atoms with Crippen LogP contribution < -0.4 is 15.4 Å². The lowest BCUT2D eigenvalue weighted by molar-refractivity contribution is 0.428. The first-order valence-electron chi connectivity index (χ1n) is 9.56. The zero-order valence-corrected chi connectivity index (χ0v) is 16.8. The average molecular weight is 399 g/mol. The quantitative estimate of drug-likeness (QED) is 0.692. The molecule has 28 heavy (non-hydrogen) atoms. The normalized spacial score (nSPS) is 15.8. The highest BCUT2D eigenvalue weighted by molar-refractivity contribution is 7.89. The van der Waals surface area contributed by atoms with Crippen LogP contribution in [0.2, 0.25) is 0 Å². The van der Waals surface area contributed by atoms with Crippen LogP contribution in [0.25, 0.3) is 10.9 Å². The molecule has 0 spiro atoms. The van der Waals surface area contributed by atoms with Crippen molar-refractivity contribution in [3.63, 3.8) is 0 Å². The third kappa shape index (κ3) is 3.92. The molecule has 0 saturated carbocycles. The molecule has 4 rings (SSSR count). The average Bonchev–Trinajstić information content (AvgIpc) is 3.07. The van der Waals surface area contributed by atoms with Crippen LogP contribution in [0.3, 0.4) is 0 Å². The van der Waals surface area contributed by atoms with Crippen molar-refractivity contribution in [1.29, 1.82) is 0 Å². The topological polar surface area (TPSA) is 80.4 Å². The molecule has 3 N–H and O–H groups in total. The smallest absolute Gasteiger partial charge is 0.238 e. The number of anilines is 1. The van der Waals surface area contributed by atoms with E-state index in [2.05, 4.69) is 45.2 Å². The van der Waals surface area contributed by atoms with Crippen molar-refractivity contribution in [2.24, 2.45) is 12.2 Å². The van der Waals surface area contributed by atoms with Gasteiger partial charge >= 0.3 is 0 Å². The van der Waals surface area contributed by atoms with E-state index in [-0.39, 0.29) is 4.90 Å². The second kappa shape index (κ2) is 7.58. The molecule has 0 atom stereocenters. The first kappa shape index (κ1) is 19.0. The van der Waals surface area contributed by atoms with Crippen LogP contribution in [0, 0.1) is 0 Å². The molecule has 0 bridgehead atoms. The van der Waals surface area contributed by atoms with Gasteiger partial charge in [-0.1, -0.05) is 12.1 Å². The van der Waals surface area contributed by atoms with Gasteiger partial charge in [0.05, 0.1) is 4.90 Å². The van der Waals surface area contributed by atoms with Crippen molar-refractivity contribution in [3.8, 4) is 0 Å². The summed E-state index contributed by atoms with van der Waals surface area (Å²) >= 11 is 0. The summed E-state index contributed by atoms with van der Waals surface area (Å²) < 4.78 is 25.6. The van der Waals surface area contributed by atoms with Crippen molar-refractivity contribution in [3.05, 3.63) is 60.3 Å². The number of benzene rings is 2. The Bertz CT molecular complexity index is 1080. The van der Waals surface area contributed by atoms with Crippen LogP contribution in [0.15, 0.2) is 59.6 Å². The molecular formula is C21H26N4O2S. The van der Waals surface area contributed by atoms with E-state index in [4.69, 9.17) is 5.14 Å². The Hall–Kier alpha value is -2.35. The molecule has 148 valence electrons. The summed E-state index contributed by atoms with van der Waals surface area (Å²) in [7, 11) is -1.66. The van der Waals surface area contributed by atoms with Gasteiger partial charge in [0, 0.05) is 42.4 Å². The van der Waals surface area contributed by atoms with Crippen LogP contribution in [0.5, 0.6) is 0 Å². The second-order valence-electron chi connectivity index (χ2n) is 7.47. The molecule has 1 aromatic heterocycles. The predicted octanol–water partition coefficient (Wildman–Crippen LogP) is 2.58.